The first-order valence-electron chi connectivity index (χ1n) is 6.87. The molecule has 2 N–H and O–H groups in total. The Morgan fingerprint density at radius 2 is 2.25 bits per heavy atom. The standard InChI is InChI=1S/C15H17ClN2OS/c1-9-5-2-3-8-18(9)15(19)14-12(16)10-6-4-7-11(17)13(10)20-14/h4,6-7,9H,2-3,5,8,17H2,1H3/t9-/m0/s1. The van der Waals surface area contributed by atoms with Crippen molar-refractivity contribution in [2.75, 3.05) is 12.3 Å². The number of nitrogens with zero attached hydrogens (tertiary/aromatic N) is 1. The van der Waals surface area contributed by atoms with Crippen LogP contribution < -0.4 is 5.73 Å². The van der Waals surface area contributed by atoms with Crippen LogP contribution in [0, 0.1) is 0 Å². The first-order chi connectivity index (χ1) is 9.59. The van der Waals surface area contributed by atoms with Crippen LogP contribution in [0.25, 0.3) is 10.1 Å². The summed E-state index contributed by atoms with van der Waals surface area (Å²) in [7, 11) is 0. The van der Waals surface area contributed by atoms with Gasteiger partial charge in [-0.25, -0.2) is 0 Å². The van der Waals surface area contributed by atoms with Crippen molar-refractivity contribution in [3.63, 3.8) is 0 Å². The highest BCUT2D eigenvalue weighted by molar-refractivity contribution is 7.22. The van der Waals surface area contributed by atoms with Gasteiger partial charge in [0.2, 0.25) is 0 Å². The summed E-state index contributed by atoms with van der Waals surface area (Å²) in [5, 5.41) is 1.42. The predicted molar refractivity (Wildman–Crippen MR) is 85.6 cm³/mol. The van der Waals surface area contributed by atoms with Gasteiger partial charge in [0.25, 0.3) is 5.91 Å². The third kappa shape index (κ3) is 2.17. The number of nitrogen functional groups attached to an aromatic ring is 1. The van der Waals surface area contributed by atoms with E-state index in [2.05, 4.69) is 6.92 Å². The number of hydrogen-bond acceptors (Lipinski definition) is 3. The minimum Gasteiger partial charge on any atom is -0.398 e. The van der Waals surface area contributed by atoms with Gasteiger partial charge < -0.3 is 10.6 Å². The summed E-state index contributed by atoms with van der Waals surface area (Å²) in [6, 6.07) is 5.91. The smallest absolute Gasteiger partial charge is 0.265 e. The molecular weight excluding hydrogens is 292 g/mol. The van der Waals surface area contributed by atoms with E-state index < -0.39 is 0 Å². The number of hydrogen-bond donors (Lipinski definition) is 1. The van der Waals surface area contributed by atoms with Crippen molar-refractivity contribution >= 4 is 44.6 Å². The molecule has 0 unspecified atom stereocenters. The van der Waals surface area contributed by atoms with Gasteiger partial charge in [0.15, 0.2) is 0 Å². The van der Waals surface area contributed by atoms with E-state index in [1.807, 2.05) is 23.1 Å². The fourth-order valence-corrected chi connectivity index (χ4v) is 4.26. The molecule has 5 heteroatoms. The van der Waals surface area contributed by atoms with Gasteiger partial charge in [0, 0.05) is 23.7 Å². The fourth-order valence-electron chi connectivity index (χ4n) is 2.78. The number of halogens is 1. The van der Waals surface area contributed by atoms with E-state index in [4.69, 9.17) is 17.3 Å². The molecule has 1 amide bonds. The van der Waals surface area contributed by atoms with Crippen molar-refractivity contribution in [3.05, 3.63) is 28.1 Å². The van der Waals surface area contributed by atoms with Gasteiger partial charge >= 0.3 is 0 Å². The predicted octanol–water partition coefficient (Wildman–Crippen LogP) is 4.15. The second-order valence-corrected chi connectivity index (χ2v) is 6.71. The number of fused-ring (bicyclic) bond motifs is 1. The largest absolute Gasteiger partial charge is 0.398 e. The Labute approximate surface area is 127 Å². The van der Waals surface area contributed by atoms with Gasteiger partial charge in [0.05, 0.1) is 9.72 Å². The number of carbonyl (C=O) groups is 1. The molecule has 1 aromatic carbocycles. The van der Waals surface area contributed by atoms with Crippen molar-refractivity contribution < 1.29 is 4.79 Å². The first-order valence-corrected chi connectivity index (χ1v) is 8.06. The summed E-state index contributed by atoms with van der Waals surface area (Å²) in [5.74, 6) is 0.0443. The molecule has 0 aliphatic carbocycles. The third-order valence-electron chi connectivity index (χ3n) is 3.94. The minimum absolute atomic E-state index is 0.0443. The van der Waals surface area contributed by atoms with Gasteiger partial charge in [-0.05, 0) is 32.3 Å². The Hall–Kier alpha value is -1.26. The number of rotatable bonds is 1. The van der Waals surface area contributed by atoms with E-state index in [1.54, 1.807) is 0 Å². The second kappa shape index (κ2) is 5.26. The molecule has 0 saturated carbocycles. The van der Waals surface area contributed by atoms with E-state index in [9.17, 15) is 4.79 Å². The van der Waals surface area contributed by atoms with Crippen molar-refractivity contribution in [2.45, 2.75) is 32.2 Å². The quantitative estimate of drug-likeness (QED) is 0.804. The topological polar surface area (TPSA) is 46.3 Å². The maximum atomic E-state index is 12.7. The van der Waals surface area contributed by atoms with E-state index in [0.29, 0.717) is 15.6 Å². The Balaban J connectivity index is 2.03. The molecule has 1 fully saturated rings. The van der Waals surface area contributed by atoms with E-state index >= 15 is 0 Å². The van der Waals surface area contributed by atoms with Gasteiger partial charge in [-0.1, -0.05) is 23.7 Å². The average Bonchev–Trinajstić information content (AvgIpc) is 2.78. The summed E-state index contributed by atoms with van der Waals surface area (Å²) in [6.07, 6.45) is 3.33. The molecule has 3 nitrogen and oxygen atoms in total. The molecule has 1 saturated heterocycles. The zero-order valence-electron chi connectivity index (χ0n) is 11.4. The second-order valence-electron chi connectivity index (χ2n) is 5.31. The highest BCUT2D eigenvalue weighted by Crippen LogP contribution is 2.39. The van der Waals surface area contributed by atoms with Crippen LogP contribution in [0.15, 0.2) is 18.2 Å². The highest BCUT2D eigenvalue weighted by Gasteiger charge is 2.28. The van der Waals surface area contributed by atoms with Gasteiger partial charge in [-0.15, -0.1) is 11.3 Å². The molecule has 1 aliphatic rings. The molecule has 1 aliphatic heterocycles. The molecule has 3 rings (SSSR count). The molecule has 0 radical (unpaired) electrons. The number of thiophene rings is 1. The Bertz CT molecular complexity index is 667. The van der Waals surface area contributed by atoms with E-state index in [1.165, 1.54) is 17.8 Å². The average molecular weight is 309 g/mol. The summed E-state index contributed by atoms with van der Waals surface area (Å²) in [6.45, 7) is 2.92. The maximum absolute atomic E-state index is 12.7. The lowest BCUT2D eigenvalue weighted by Crippen LogP contribution is -2.41. The number of carbonyl (C=O) groups excluding carboxylic acids is 1. The Morgan fingerprint density at radius 3 is 2.95 bits per heavy atom. The SMILES string of the molecule is C[C@H]1CCCCN1C(=O)c1sc2c(N)cccc2c1Cl. The molecular formula is C15H17ClN2OS. The number of likely N-dealkylation sites (tertiary alicyclic amines) is 1. The highest BCUT2D eigenvalue weighted by atomic mass is 35.5. The first kappa shape index (κ1) is 13.7. The molecule has 0 bridgehead atoms. The lowest BCUT2D eigenvalue weighted by molar-refractivity contribution is 0.0641. The fraction of sp³-hybridized carbons (Fsp3) is 0.400. The number of benzene rings is 1. The van der Waals surface area contributed by atoms with Crippen molar-refractivity contribution in [3.8, 4) is 0 Å². The van der Waals surface area contributed by atoms with Crippen LogP contribution in [0.3, 0.4) is 0 Å². The van der Waals surface area contributed by atoms with Crippen LogP contribution in [-0.2, 0) is 0 Å². The molecule has 1 atom stereocenters. The number of amides is 1. The van der Waals surface area contributed by atoms with Gasteiger partial charge in [-0.3, -0.25) is 4.79 Å². The Morgan fingerprint density at radius 1 is 1.45 bits per heavy atom. The van der Waals surface area contributed by atoms with Crippen LogP contribution in [0.1, 0.15) is 35.9 Å². The lowest BCUT2D eigenvalue weighted by Gasteiger charge is -2.33. The summed E-state index contributed by atoms with van der Waals surface area (Å²) >= 11 is 7.80. The maximum Gasteiger partial charge on any atom is 0.265 e. The summed E-state index contributed by atoms with van der Waals surface area (Å²) in [4.78, 5) is 15.3. The molecule has 106 valence electrons. The molecule has 20 heavy (non-hydrogen) atoms. The van der Waals surface area contributed by atoms with E-state index in [0.717, 1.165) is 29.5 Å². The molecule has 1 aromatic heterocycles. The molecule has 2 aromatic rings. The number of nitrogens with two attached hydrogens (primary N) is 1. The van der Waals surface area contributed by atoms with E-state index in [-0.39, 0.29) is 11.9 Å². The van der Waals surface area contributed by atoms with Crippen LogP contribution >= 0.6 is 22.9 Å². The zero-order valence-corrected chi connectivity index (χ0v) is 12.9. The number of anilines is 1. The van der Waals surface area contributed by atoms with Crippen LogP contribution in [0.4, 0.5) is 5.69 Å². The molecule has 0 spiro atoms. The van der Waals surface area contributed by atoms with Gasteiger partial charge in [0.1, 0.15) is 4.88 Å². The van der Waals surface area contributed by atoms with Crippen molar-refractivity contribution in [1.82, 2.24) is 4.90 Å². The van der Waals surface area contributed by atoms with Crippen LogP contribution in [0.2, 0.25) is 5.02 Å². The minimum atomic E-state index is 0.0443. The monoisotopic (exact) mass is 308 g/mol. The summed E-state index contributed by atoms with van der Waals surface area (Å²) in [5.41, 5.74) is 6.65. The zero-order chi connectivity index (χ0) is 14.3. The van der Waals surface area contributed by atoms with Gasteiger partial charge in [-0.2, -0.15) is 0 Å². The van der Waals surface area contributed by atoms with Crippen LogP contribution in [0.5, 0.6) is 0 Å². The third-order valence-corrected chi connectivity index (χ3v) is 5.69. The lowest BCUT2D eigenvalue weighted by atomic mass is 10.0. The summed E-state index contributed by atoms with van der Waals surface area (Å²) < 4.78 is 0.908. The normalized spacial score (nSPS) is 19.5. The Kier molecular flexibility index (Phi) is 3.61. The van der Waals surface area contributed by atoms with Crippen molar-refractivity contribution in [2.24, 2.45) is 0 Å². The number of piperidine rings is 1. The van der Waals surface area contributed by atoms with Crippen LogP contribution in [-0.4, -0.2) is 23.4 Å². The molecule has 2 heterocycles. The van der Waals surface area contributed by atoms with Crippen molar-refractivity contribution in [1.29, 1.82) is 0 Å².